The summed E-state index contributed by atoms with van der Waals surface area (Å²) in [5.74, 6) is -2.29. The molecule has 0 heterocycles. The summed E-state index contributed by atoms with van der Waals surface area (Å²) in [4.78, 5) is 28.2. The van der Waals surface area contributed by atoms with Crippen LogP contribution in [0.15, 0.2) is 12.2 Å². The topological polar surface area (TPSA) is 89.5 Å². The first-order valence-electron chi connectivity index (χ1n) is 19.6. The molecule has 4 saturated carbocycles. The fraction of sp³-hybridized carbons (Fsp3) is 0.905. The van der Waals surface area contributed by atoms with E-state index in [9.17, 15) is 9.59 Å². The summed E-state index contributed by atoms with van der Waals surface area (Å²) in [5, 5.41) is 0. The molecule has 4 fully saturated rings. The highest BCUT2D eigenvalue weighted by Crippen LogP contribution is 2.68. The lowest BCUT2D eigenvalue weighted by Crippen LogP contribution is -2.54. The molecule has 286 valence electrons. The molecule has 5 rings (SSSR count). The van der Waals surface area contributed by atoms with Crippen LogP contribution in [-0.2, 0) is 38.0 Å². The summed E-state index contributed by atoms with van der Waals surface area (Å²) < 4.78 is 39.2. The van der Waals surface area contributed by atoms with E-state index in [1.165, 1.54) is 0 Å². The Morgan fingerprint density at radius 2 is 0.960 bits per heavy atom. The van der Waals surface area contributed by atoms with Gasteiger partial charge in [0.05, 0.1) is 63.1 Å². The van der Waals surface area contributed by atoms with Crippen LogP contribution >= 0.6 is 0 Å². The van der Waals surface area contributed by atoms with Crippen LogP contribution in [0.3, 0.4) is 0 Å². The van der Waals surface area contributed by atoms with E-state index in [1.807, 2.05) is 12.2 Å². The van der Waals surface area contributed by atoms with Crippen LogP contribution in [0.4, 0.5) is 0 Å². The Bertz CT molecular complexity index is 1180. The number of hydrogen-bond acceptors (Lipinski definition) is 8. The second-order valence-electron chi connectivity index (χ2n) is 20.2. The minimum atomic E-state index is -0.932. The number of carbonyl (C=O) groups excluding carboxylic acids is 2. The van der Waals surface area contributed by atoms with Gasteiger partial charge in [0.1, 0.15) is 11.8 Å². The van der Waals surface area contributed by atoms with E-state index in [4.69, 9.17) is 28.4 Å². The third kappa shape index (κ3) is 6.75. The van der Waals surface area contributed by atoms with Crippen LogP contribution < -0.4 is 0 Å². The molecule has 12 atom stereocenters. The summed E-state index contributed by atoms with van der Waals surface area (Å²) >= 11 is 0. The van der Waals surface area contributed by atoms with Crippen LogP contribution in [0.2, 0.25) is 0 Å². The maximum atomic E-state index is 14.1. The van der Waals surface area contributed by atoms with Crippen molar-refractivity contribution in [1.82, 2.24) is 0 Å². The zero-order chi connectivity index (χ0) is 37.2. The van der Waals surface area contributed by atoms with Crippen LogP contribution in [0.5, 0.6) is 0 Å². The fourth-order valence-electron chi connectivity index (χ4n) is 10.5. The van der Waals surface area contributed by atoms with Crippen LogP contribution in [0, 0.1) is 56.2 Å². The van der Waals surface area contributed by atoms with Crippen molar-refractivity contribution >= 4 is 11.9 Å². The monoisotopic (exact) mass is 703 g/mol. The quantitative estimate of drug-likeness (QED) is 0.149. The van der Waals surface area contributed by atoms with Gasteiger partial charge in [-0.25, -0.2) is 0 Å². The van der Waals surface area contributed by atoms with Crippen LogP contribution in [0.25, 0.3) is 0 Å². The van der Waals surface area contributed by atoms with Crippen molar-refractivity contribution in [2.45, 2.75) is 159 Å². The van der Waals surface area contributed by atoms with E-state index < -0.39 is 36.0 Å². The Hall–Kier alpha value is -1.48. The Kier molecular flexibility index (Phi) is 10.9. The highest BCUT2D eigenvalue weighted by molar-refractivity contribution is 5.84. The van der Waals surface area contributed by atoms with Gasteiger partial charge in [-0.2, -0.15) is 0 Å². The molecule has 0 aromatic heterocycles. The zero-order valence-electron chi connectivity index (χ0n) is 33.9. The molecule has 0 amide bonds. The molecule has 0 spiro atoms. The largest absolute Gasteiger partial charge is 0.466 e. The summed E-state index contributed by atoms with van der Waals surface area (Å²) in [7, 11) is 0. The molecule has 0 radical (unpaired) electrons. The van der Waals surface area contributed by atoms with Gasteiger partial charge in [-0.05, 0) is 73.0 Å². The van der Waals surface area contributed by atoms with Crippen LogP contribution in [0.1, 0.15) is 123 Å². The predicted octanol–water partition coefficient (Wildman–Crippen LogP) is 8.20. The number of rotatable bonds is 12. The molecular formula is C42H70O8. The first kappa shape index (κ1) is 39.7. The Balaban J connectivity index is 1.51. The summed E-state index contributed by atoms with van der Waals surface area (Å²) in [6.45, 7) is 32.3. The highest BCUT2D eigenvalue weighted by atomic mass is 16.6. The molecule has 50 heavy (non-hydrogen) atoms. The molecule has 0 aromatic rings. The van der Waals surface area contributed by atoms with Crippen molar-refractivity contribution in [3.63, 3.8) is 0 Å². The number of esters is 2. The Labute approximate surface area is 303 Å². The van der Waals surface area contributed by atoms with E-state index in [-0.39, 0.29) is 82.0 Å². The summed E-state index contributed by atoms with van der Waals surface area (Å²) in [6, 6.07) is 0. The van der Waals surface area contributed by atoms with Gasteiger partial charge in [0.25, 0.3) is 0 Å². The van der Waals surface area contributed by atoms with Crippen molar-refractivity contribution in [3.05, 3.63) is 12.2 Å². The lowest BCUT2D eigenvalue weighted by atomic mass is 9.70. The van der Waals surface area contributed by atoms with E-state index >= 15 is 0 Å². The van der Waals surface area contributed by atoms with Gasteiger partial charge in [0.2, 0.25) is 0 Å². The number of fused-ring (bicyclic) bond motifs is 4. The van der Waals surface area contributed by atoms with E-state index in [2.05, 4.69) is 83.1 Å². The Morgan fingerprint density at radius 3 is 1.26 bits per heavy atom. The first-order chi connectivity index (χ1) is 23.0. The fourth-order valence-corrected chi connectivity index (χ4v) is 10.5. The smallest absolute Gasteiger partial charge is 0.312 e. The maximum absolute atomic E-state index is 14.1. The van der Waals surface area contributed by atoms with Crippen molar-refractivity contribution < 1.29 is 38.0 Å². The van der Waals surface area contributed by atoms with Gasteiger partial charge in [-0.1, -0.05) is 95.2 Å². The SMILES string of the molecule is CCOC(=O)[C@H]1[C@H](C(=O)OCC)[C@H](O[C@@H]2[C@H]3CC[C@@](C)([C@@H]2OCC(C)(C)C)C3(C)C)C=C[C@H]1O[C@@H]1[C@H]2CC[C@@](C)([C@@H]1OCC(C)(C)C)C2(C)C. The van der Waals surface area contributed by atoms with Gasteiger partial charge in [0.15, 0.2) is 0 Å². The van der Waals surface area contributed by atoms with Crippen molar-refractivity contribution in [2.24, 2.45) is 56.2 Å². The minimum absolute atomic E-state index is 0.00949. The number of hydrogen-bond donors (Lipinski definition) is 0. The van der Waals surface area contributed by atoms with Gasteiger partial charge in [-0.3, -0.25) is 9.59 Å². The second kappa shape index (κ2) is 13.7. The molecule has 0 aromatic carbocycles. The number of carbonyl (C=O) groups is 2. The van der Waals surface area contributed by atoms with Crippen molar-refractivity contribution in [1.29, 1.82) is 0 Å². The number of ether oxygens (including phenoxy) is 6. The molecule has 0 saturated heterocycles. The molecule has 4 bridgehead atoms. The van der Waals surface area contributed by atoms with Crippen LogP contribution in [-0.4, -0.2) is 75.0 Å². The molecule has 5 aliphatic rings. The Morgan fingerprint density at radius 1 is 0.620 bits per heavy atom. The predicted molar refractivity (Wildman–Crippen MR) is 194 cm³/mol. The molecule has 0 N–H and O–H groups in total. The maximum Gasteiger partial charge on any atom is 0.312 e. The lowest BCUT2D eigenvalue weighted by Gasteiger charge is -2.44. The van der Waals surface area contributed by atoms with E-state index in [0.29, 0.717) is 13.2 Å². The third-order valence-corrected chi connectivity index (χ3v) is 14.1. The molecule has 8 heteroatoms. The summed E-state index contributed by atoms with van der Waals surface area (Å²) in [6.07, 6.45) is 5.96. The average molecular weight is 703 g/mol. The van der Waals surface area contributed by atoms with E-state index in [1.54, 1.807) is 13.8 Å². The molecule has 8 nitrogen and oxygen atoms in total. The molecular weight excluding hydrogens is 632 g/mol. The zero-order valence-corrected chi connectivity index (χ0v) is 33.9. The van der Waals surface area contributed by atoms with Crippen molar-refractivity contribution in [3.8, 4) is 0 Å². The molecule has 0 unspecified atom stereocenters. The highest BCUT2D eigenvalue weighted by Gasteiger charge is 2.70. The second-order valence-corrected chi connectivity index (χ2v) is 20.2. The normalized spacial score (nSPS) is 41.5. The van der Waals surface area contributed by atoms with Gasteiger partial charge in [-0.15, -0.1) is 0 Å². The molecule has 5 aliphatic carbocycles. The van der Waals surface area contributed by atoms with Gasteiger partial charge >= 0.3 is 11.9 Å². The first-order valence-corrected chi connectivity index (χ1v) is 19.6. The summed E-state index contributed by atoms with van der Waals surface area (Å²) in [5.41, 5.74) is -0.211. The standard InChI is InChI=1S/C42H70O8/c1-15-45-35(43)29-27(49-31-25-19-21-41(13,39(25,9)10)33(31)47-23-37(3,4)5)17-18-28(30(29)36(44)46-16-2)50-32-26-20-22-42(14,40(26,11)12)34(32)48-24-38(6,7)8/h17-18,25-34H,15-16,19-24H2,1-14H3/t25-,26-,27-,28-,29-,30-,31-,32-,33-,34-,41+,42+/m1/s1. The molecule has 0 aliphatic heterocycles. The third-order valence-electron chi connectivity index (χ3n) is 14.1. The van der Waals surface area contributed by atoms with Gasteiger partial charge < -0.3 is 28.4 Å². The minimum Gasteiger partial charge on any atom is -0.466 e. The van der Waals surface area contributed by atoms with Gasteiger partial charge in [0, 0.05) is 10.8 Å². The lowest BCUT2D eigenvalue weighted by molar-refractivity contribution is -0.195. The average Bonchev–Trinajstić information content (AvgIpc) is 3.49. The van der Waals surface area contributed by atoms with Crippen molar-refractivity contribution in [2.75, 3.05) is 26.4 Å². The van der Waals surface area contributed by atoms with E-state index in [0.717, 1.165) is 25.7 Å².